The van der Waals surface area contributed by atoms with Crippen molar-refractivity contribution in [3.63, 3.8) is 0 Å². The van der Waals surface area contributed by atoms with Crippen LogP contribution in [0.4, 0.5) is 0 Å². The summed E-state index contributed by atoms with van der Waals surface area (Å²) >= 11 is 0. The SMILES string of the molecule is CCC1(CN(C)C)CCN(NC)CC1. The van der Waals surface area contributed by atoms with E-state index in [1.165, 1.54) is 38.9 Å². The largest absolute Gasteiger partial charge is 0.309 e. The number of piperidine rings is 1. The second-order valence-corrected chi connectivity index (χ2v) is 4.80. The maximum atomic E-state index is 3.24. The predicted octanol–water partition coefficient (Wildman–Crippen LogP) is 1.17. The molecular formula is C11H25N3. The van der Waals surface area contributed by atoms with Crippen LogP contribution >= 0.6 is 0 Å². The summed E-state index contributed by atoms with van der Waals surface area (Å²) in [7, 11) is 6.38. The number of hydrogen-bond acceptors (Lipinski definition) is 3. The number of hydrazine groups is 1. The zero-order valence-corrected chi connectivity index (χ0v) is 10.1. The molecule has 0 radical (unpaired) electrons. The van der Waals surface area contributed by atoms with E-state index in [1.54, 1.807) is 0 Å². The Morgan fingerprint density at radius 3 is 2.21 bits per heavy atom. The zero-order chi connectivity index (χ0) is 10.6. The van der Waals surface area contributed by atoms with E-state index in [9.17, 15) is 0 Å². The van der Waals surface area contributed by atoms with Gasteiger partial charge in [-0.05, 0) is 45.8 Å². The van der Waals surface area contributed by atoms with Gasteiger partial charge in [0.2, 0.25) is 0 Å². The number of rotatable bonds is 4. The molecule has 1 rings (SSSR count). The third-order valence-electron chi connectivity index (χ3n) is 3.54. The Morgan fingerprint density at radius 1 is 1.29 bits per heavy atom. The summed E-state index contributed by atoms with van der Waals surface area (Å²) < 4.78 is 0. The van der Waals surface area contributed by atoms with Crippen LogP contribution in [-0.4, -0.2) is 50.7 Å². The Labute approximate surface area is 88.4 Å². The molecule has 84 valence electrons. The summed E-state index contributed by atoms with van der Waals surface area (Å²) in [6, 6.07) is 0. The van der Waals surface area contributed by atoms with Crippen LogP contribution in [0.25, 0.3) is 0 Å². The Bertz CT molecular complexity index is 160. The van der Waals surface area contributed by atoms with Crippen molar-refractivity contribution in [2.24, 2.45) is 5.41 Å². The van der Waals surface area contributed by atoms with Crippen molar-refractivity contribution in [1.82, 2.24) is 15.3 Å². The van der Waals surface area contributed by atoms with E-state index in [0.29, 0.717) is 5.41 Å². The van der Waals surface area contributed by atoms with E-state index in [1.807, 2.05) is 7.05 Å². The first-order valence-corrected chi connectivity index (χ1v) is 5.69. The van der Waals surface area contributed by atoms with Crippen molar-refractivity contribution in [1.29, 1.82) is 0 Å². The molecule has 0 aromatic heterocycles. The fourth-order valence-corrected chi connectivity index (χ4v) is 2.50. The van der Waals surface area contributed by atoms with Crippen LogP contribution < -0.4 is 5.43 Å². The average Bonchev–Trinajstić information content (AvgIpc) is 2.18. The molecule has 14 heavy (non-hydrogen) atoms. The first-order chi connectivity index (χ1) is 6.62. The molecule has 1 aliphatic heterocycles. The zero-order valence-electron chi connectivity index (χ0n) is 10.1. The Morgan fingerprint density at radius 2 is 1.86 bits per heavy atom. The van der Waals surface area contributed by atoms with E-state index in [-0.39, 0.29) is 0 Å². The van der Waals surface area contributed by atoms with Gasteiger partial charge in [-0.25, -0.2) is 5.01 Å². The summed E-state index contributed by atoms with van der Waals surface area (Å²) in [5.41, 5.74) is 3.81. The molecule has 0 atom stereocenters. The van der Waals surface area contributed by atoms with Gasteiger partial charge in [0.05, 0.1) is 0 Å². The van der Waals surface area contributed by atoms with Gasteiger partial charge in [-0.2, -0.15) is 0 Å². The van der Waals surface area contributed by atoms with Crippen LogP contribution in [0.3, 0.4) is 0 Å². The lowest BCUT2D eigenvalue weighted by molar-refractivity contribution is 0.0512. The highest BCUT2D eigenvalue weighted by atomic mass is 15.5. The molecule has 0 spiro atoms. The minimum absolute atomic E-state index is 0.566. The maximum absolute atomic E-state index is 3.24. The topological polar surface area (TPSA) is 18.5 Å². The van der Waals surface area contributed by atoms with Gasteiger partial charge in [0.1, 0.15) is 0 Å². The smallest absolute Gasteiger partial charge is 0.0136 e. The van der Waals surface area contributed by atoms with Crippen LogP contribution in [0, 0.1) is 5.41 Å². The highest BCUT2D eigenvalue weighted by molar-refractivity contribution is 4.85. The van der Waals surface area contributed by atoms with Crippen LogP contribution in [-0.2, 0) is 0 Å². The molecule has 0 aromatic rings. The van der Waals surface area contributed by atoms with Crippen LogP contribution in [0.5, 0.6) is 0 Å². The molecule has 0 amide bonds. The Kier molecular flexibility index (Phi) is 4.35. The normalized spacial score (nSPS) is 22.9. The van der Waals surface area contributed by atoms with E-state index in [2.05, 4.69) is 36.4 Å². The van der Waals surface area contributed by atoms with Crippen LogP contribution in [0.15, 0.2) is 0 Å². The summed E-state index contributed by atoms with van der Waals surface area (Å²) in [6.45, 7) is 5.95. The van der Waals surface area contributed by atoms with Gasteiger partial charge in [0, 0.05) is 19.6 Å². The van der Waals surface area contributed by atoms with Gasteiger partial charge < -0.3 is 4.90 Å². The molecule has 0 unspecified atom stereocenters. The number of hydrogen-bond donors (Lipinski definition) is 1. The van der Waals surface area contributed by atoms with Crippen molar-refractivity contribution in [3.8, 4) is 0 Å². The monoisotopic (exact) mass is 199 g/mol. The molecule has 0 saturated carbocycles. The van der Waals surface area contributed by atoms with Gasteiger partial charge in [-0.3, -0.25) is 5.43 Å². The lowest BCUT2D eigenvalue weighted by Crippen LogP contribution is -2.48. The van der Waals surface area contributed by atoms with Gasteiger partial charge in [-0.1, -0.05) is 6.92 Å². The number of nitrogens with zero attached hydrogens (tertiary/aromatic N) is 2. The Balaban J connectivity index is 2.48. The quantitative estimate of drug-likeness (QED) is 0.733. The predicted molar refractivity (Wildman–Crippen MR) is 61.1 cm³/mol. The highest BCUT2D eigenvalue weighted by Crippen LogP contribution is 2.34. The van der Waals surface area contributed by atoms with Gasteiger partial charge >= 0.3 is 0 Å². The van der Waals surface area contributed by atoms with Crippen LogP contribution in [0.1, 0.15) is 26.2 Å². The van der Waals surface area contributed by atoms with Crippen molar-refractivity contribution >= 4 is 0 Å². The van der Waals surface area contributed by atoms with E-state index >= 15 is 0 Å². The standard InChI is InChI=1S/C11H25N3/c1-5-11(10-13(3)4)6-8-14(12-2)9-7-11/h12H,5-10H2,1-4H3. The fourth-order valence-electron chi connectivity index (χ4n) is 2.50. The van der Waals surface area contributed by atoms with Gasteiger partial charge in [-0.15, -0.1) is 0 Å². The van der Waals surface area contributed by atoms with Crippen LogP contribution in [0.2, 0.25) is 0 Å². The average molecular weight is 199 g/mol. The molecular weight excluding hydrogens is 174 g/mol. The molecule has 3 nitrogen and oxygen atoms in total. The second-order valence-electron chi connectivity index (χ2n) is 4.80. The lowest BCUT2D eigenvalue weighted by Gasteiger charge is -2.42. The second kappa shape index (κ2) is 5.10. The minimum atomic E-state index is 0.566. The molecule has 1 saturated heterocycles. The molecule has 3 heteroatoms. The summed E-state index contributed by atoms with van der Waals surface area (Å²) in [6.07, 6.45) is 3.95. The molecule has 1 aliphatic rings. The Hall–Kier alpha value is -0.120. The number of nitrogens with one attached hydrogen (secondary N) is 1. The van der Waals surface area contributed by atoms with Crippen molar-refractivity contribution in [2.75, 3.05) is 40.8 Å². The molecule has 0 aromatic carbocycles. The van der Waals surface area contributed by atoms with Crippen molar-refractivity contribution in [3.05, 3.63) is 0 Å². The van der Waals surface area contributed by atoms with E-state index < -0.39 is 0 Å². The van der Waals surface area contributed by atoms with E-state index in [0.717, 1.165) is 0 Å². The molecule has 1 N–H and O–H groups in total. The molecule has 1 heterocycles. The lowest BCUT2D eigenvalue weighted by atomic mass is 9.76. The van der Waals surface area contributed by atoms with Crippen molar-refractivity contribution < 1.29 is 0 Å². The minimum Gasteiger partial charge on any atom is -0.309 e. The molecule has 1 fully saturated rings. The van der Waals surface area contributed by atoms with Gasteiger partial charge in [0.25, 0.3) is 0 Å². The molecule has 0 aliphatic carbocycles. The summed E-state index contributed by atoms with van der Waals surface area (Å²) in [4.78, 5) is 2.33. The molecule has 0 bridgehead atoms. The third-order valence-corrected chi connectivity index (χ3v) is 3.54. The highest BCUT2D eigenvalue weighted by Gasteiger charge is 2.32. The first-order valence-electron chi connectivity index (χ1n) is 5.69. The fraction of sp³-hybridized carbons (Fsp3) is 1.00. The first kappa shape index (κ1) is 12.0. The maximum Gasteiger partial charge on any atom is 0.0136 e. The third kappa shape index (κ3) is 2.94. The van der Waals surface area contributed by atoms with Crippen molar-refractivity contribution in [2.45, 2.75) is 26.2 Å². The van der Waals surface area contributed by atoms with Gasteiger partial charge in [0.15, 0.2) is 0 Å². The van der Waals surface area contributed by atoms with E-state index in [4.69, 9.17) is 0 Å². The summed E-state index contributed by atoms with van der Waals surface area (Å²) in [5, 5.41) is 2.32. The summed E-state index contributed by atoms with van der Waals surface area (Å²) in [5.74, 6) is 0.